The predicted molar refractivity (Wildman–Crippen MR) is 120 cm³/mol. The zero-order valence-corrected chi connectivity index (χ0v) is 18.7. The summed E-state index contributed by atoms with van der Waals surface area (Å²) in [6.45, 7) is 9.11. The fourth-order valence-electron chi connectivity index (χ4n) is 3.71. The molecule has 0 unspecified atom stereocenters. The first kappa shape index (κ1) is 22.9. The molecule has 1 fully saturated rings. The molecule has 3 rings (SSSR count). The fourth-order valence-corrected chi connectivity index (χ4v) is 3.71. The van der Waals surface area contributed by atoms with Crippen LogP contribution in [-0.2, 0) is 11.3 Å². The molecule has 2 amide bonds. The van der Waals surface area contributed by atoms with Crippen molar-refractivity contribution in [3.8, 4) is 0 Å². The molecule has 1 aromatic carbocycles. The summed E-state index contributed by atoms with van der Waals surface area (Å²) in [7, 11) is 0. The summed E-state index contributed by atoms with van der Waals surface area (Å²) in [5.41, 5.74) is 2.41. The van der Waals surface area contributed by atoms with E-state index < -0.39 is 0 Å². The Hall–Kier alpha value is -2.80. The van der Waals surface area contributed by atoms with Crippen LogP contribution in [0, 0.1) is 6.92 Å². The molecule has 1 aliphatic rings. The van der Waals surface area contributed by atoms with E-state index in [0.717, 1.165) is 51.3 Å². The normalized spacial score (nSPS) is 14.5. The molecule has 1 aliphatic heterocycles. The minimum atomic E-state index is -0.151. The number of benzene rings is 1. The first-order valence-corrected chi connectivity index (χ1v) is 11.2. The summed E-state index contributed by atoms with van der Waals surface area (Å²) in [4.78, 5) is 40.1. The van der Waals surface area contributed by atoms with E-state index >= 15 is 0 Å². The Morgan fingerprint density at radius 3 is 2.39 bits per heavy atom. The van der Waals surface area contributed by atoms with Gasteiger partial charge in [-0.05, 0) is 18.9 Å². The van der Waals surface area contributed by atoms with Crippen molar-refractivity contribution in [2.24, 2.45) is 0 Å². The number of hydrogen-bond donors (Lipinski definition) is 0. The molecular weight excluding hydrogens is 390 g/mol. The quantitative estimate of drug-likeness (QED) is 0.620. The average Bonchev–Trinajstić information content (AvgIpc) is 2.80. The number of aromatic nitrogens is 2. The molecule has 0 bridgehead atoms. The molecule has 166 valence electrons. The van der Waals surface area contributed by atoms with Gasteiger partial charge >= 0.3 is 0 Å². The minimum Gasteiger partial charge on any atom is -0.340 e. The molecular formula is C24H33N5O2. The second kappa shape index (κ2) is 11.6. The number of aryl methyl sites for hydroxylation is 1. The Kier molecular flexibility index (Phi) is 8.53. The van der Waals surface area contributed by atoms with Crippen LogP contribution < -0.4 is 0 Å². The van der Waals surface area contributed by atoms with Crippen LogP contribution in [0.4, 0.5) is 0 Å². The maximum atomic E-state index is 12.9. The Morgan fingerprint density at radius 2 is 1.74 bits per heavy atom. The highest BCUT2D eigenvalue weighted by Gasteiger charge is 2.23. The molecule has 0 saturated carbocycles. The topological polar surface area (TPSA) is 69.6 Å². The molecule has 0 aliphatic carbocycles. The third kappa shape index (κ3) is 6.85. The van der Waals surface area contributed by atoms with Crippen molar-refractivity contribution < 1.29 is 9.59 Å². The summed E-state index contributed by atoms with van der Waals surface area (Å²) in [6.07, 6.45) is 5.35. The van der Waals surface area contributed by atoms with Gasteiger partial charge < -0.3 is 9.80 Å². The third-order valence-electron chi connectivity index (χ3n) is 5.64. The average molecular weight is 424 g/mol. The van der Waals surface area contributed by atoms with E-state index in [4.69, 9.17) is 0 Å². The molecule has 0 N–H and O–H groups in total. The molecule has 0 atom stereocenters. The van der Waals surface area contributed by atoms with E-state index in [0.29, 0.717) is 25.2 Å². The highest BCUT2D eigenvalue weighted by molar-refractivity contribution is 5.92. The molecule has 31 heavy (non-hydrogen) atoms. The van der Waals surface area contributed by atoms with Gasteiger partial charge in [0, 0.05) is 58.4 Å². The highest BCUT2D eigenvalue weighted by Crippen LogP contribution is 2.11. The third-order valence-corrected chi connectivity index (χ3v) is 5.64. The van der Waals surface area contributed by atoms with Crippen molar-refractivity contribution in [2.45, 2.75) is 39.7 Å². The predicted octanol–water partition coefficient (Wildman–Crippen LogP) is 2.76. The van der Waals surface area contributed by atoms with E-state index in [2.05, 4.69) is 46.1 Å². The number of amides is 2. The lowest BCUT2D eigenvalue weighted by Crippen LogP contribution is -2.49. The molecule has 7 heteroatoms. The summed E-state index contributed by atoms with van der Waals surface area (Å²) in [6, 6.07) is 10.4. The number of piperazine rings is 1. The van der Waals surface area contributed by atoms with Crippen LogP contribution in [0.5, 0.6) is 0 Å². The molecule has 0 radical (unpaired) electrons. The summed E-state index contributed by atoms with van der Waals surface area (Å²) in [5.74, 6) is -0.0370. The maximum Gasteiger partial charge on any atom is 0.274 e. The van der Waals surface area contributed by atoms with Gasteiger partial charge in [0.25, 0.3) is 5.91 Å². The molecule has 1 saturated heterocycles. The molecule has 2 aromatic rings. The van der Waals surface area contributed by atoms with Crippen molar-refractivity contribution in [1.29, 1.82) is 0 Å². The number of nitrogens with zero attached hydrogens (tertiary/aromatic N) is 5. The van der Waals surface area contributed by atoms with Gasteiger partial charge in [0.05, 0.1) is 11.9 Å². The Bertz CT molecular complexity index is 833. The van der Waals surface area contributed by atoms with Crippen molar-refractivity contribution in [1.82, 2.24) is 24.7 Å². The van der Waals surface area contributed by atoms with Crippen molar-refractivity contribution in [3.63, 3.8) is 0 Å². The Balaban J connectivity index is 1.49. The summed E-state index contributed by atoms with van der Waals surface area (Å²) < 4.78 is 0. The van der Waals surface area contributed by atoms with Gasteiger partial charge in [0.2, 0.25) is 5.91 Å². The number of hydrogen-bond acceptors (Lipinski definition) is 5. The van der Waals surface area contributed by atoms with E-state index in [9.17, 15) is 9.59 Å². The highest BCUT2D eigenvalue weighted by atomic mass is 16.2. The minimum absolute atomic E-state index is 0.114. The van der Waals surface area contributed by atoms with Gasteiger partial charge in [0.1, 0.15) is 5.69 Å². The lowest BCUT2D eigenvalue weighted by atomic mass is 10.2. The number of carbonyl (C=O) groups is 2. The van der Waals surface area contributed by atoms with Crippen LogP contribution in [0.25, 0.3) is 0 Å². The van der Waals surface area contributed by atoms with Crippen molar-refractivity contribution in [3.05, 3.63) is 59.7 Å². The molecule has 2 heterocycles. The molecule has 1 aromatic heterocycles. The number of unbranched alkanes of at least 4 members (excludes halogenated alkanes) is 1. The van der Waals surface area contributed by atoms with Gasteiger partial charge in [-0.2, -0.15) is 0 Å². The number of carbonyl (C=O) groups excluding carboxylic acids is 2. The second-order valence-corrected chi connectivity index (χ2v) is 8.08. The monoisotopic (exact) mass is 423 g/mol. The van der Waals surface area contributed by atoms with E-state index in [1.807, 2.05) is 17.9 Å². The van der Waals surface area contributed by atoms with Gasteiger partial charge in [-0.25, -0.2) is 4.98 Å². The van der Waals surface area contributed by atoms with Crippen LogP contribution in [0.2, 0.25) is 0 Å². The van der Waals surface area contributed by atoms with Crippen molar-refractivity contribution >= 4 is 11.8 Å². The maximum absolute atomic E-state index is 12.9. The van der Waals surface area contributed by atoms with Crippen molar-refractivity contribution in [2.75, 3.05) is 39.3 Å². The van der Waals surface area contributed by atoms with Gasteiger partial charge in [-0.1, -0.05) is 43.7 Å². The molecule has 7 nitrogen and oxygen atoms in total. The van der Waals surface area contributed by atoms with Crippen LogP contribution in [0.3, 0.4) is 0 Å². The lowest BCUT2D eigenvalue weighted by molar-refractivity contribution is -0.133. The van der Waals surface area contributed by atoms with Gasteiger partial charge in [0.15, 0.2) is 0 Å². The first-order chi connectivity index (χ1) is 15.1. The Labute approximate surface area is 185 Å². The number of rotatable bonds is 9. The van der Waals surface area contributed by atoms with E-state index in [1.54, 1.807) is 11.1 Å². The lowest BCUT2D eigenvalue weighted by Gasteiger charge is -2.35. The Morgan fingerprint density at radius 1 is 1.00 bits per heavy atom. The van der Waals surface area contributed by atoms with Crippen LogP contribution >= 0.6 is 0 Å². The summed E-state index contributed by atoms with van der Waals surface area (Å²) in [5, 5.41) is 0. The standard InChI is InChI=1S/C24H33N5O2/c1-3-4-11-29(24(31)22-18-25-20(2)17-26-22)12-10-23(30)28-15-13-27(14-16-28)19-21-8-6-5-7-9-21/h5-9,17-18H,3-4,10-16,19H2,1-2H3. The zero-order chi connectivity index (χ0) is 22.1. The van der Waals surface area contributed by atoms with Gasteiger partial charge in [-0.15, -0.1) is 0 Å². The SMILES string of the molecule is CCCCN(CCC(=O)N1CCN(Cc2ccccc2)CC1)C(=O)c1cnc(C)cn1. The van der Waals surface area contributed by atoms with Crippen LogP contribution in [0.15, 0.2) is 42.7 Å². The largest absolute Gasteiger partial charge is 0.340 e. The van der Waals surface area contributed by atoms with Crippen LogP contribution in [0.1, 0.15) is 47.9 Å². The molecule has 0 spiro atoms. The second-order valence-electron chi connectivity index (χ2n) is 8.08. The van der Waals surface area contributed by atoms with E-state index in [-0.39, 0.29) is 11.8 Å². The van der Waals surface area contributed by atoms with Crippen LogP contribution in [-0.4, -0.2) is 75.8 Å². The van der Waals surface area contributed by atoms with E-state index in [1.165, 1.54) is 11.8 Å². The summed E-state index contributed by atoms with van der Waals surface area (Å²) >= 11 is 0. The fraction of sp³-hybridized carbons (Fsp3) is 0.500. The zero-order valence-electron chi connectivity index (χ0n) is 18.7. The first-order valence-electron chi connectivity index (χ1n) is 11.2. The van der Waals surface area contributed by atoms with Gasteiger partial charge in [-0.3, -0.25) is 19.5 Å². The smallest absolute Gasteiger partial charge is 0.274 e.